The summed E-state index contributed by atoms with van der Waals surface area (Å²) in [7, 11) is 1.60. The van der Waals surface area contributed by atoms with Crippen molar-refractivity contribution < 1.29 is 28.7 Å². The number of ether oxygens (including phenoxy) is 2. The number of rotatable bonds is 8. The zero-order valence-corrected chi connectivity index (χ0v) is 16.7. The highest BCUT2D eigenvalue weighted by molar-refractivity contribution is 5.96. The normalized spacial score (nSPS) is 9.70. The largest absolute Gasteiger partial charge is 0.465 e. The maximum atomic E-state index is 11.9. The van der Waals surface area contributed by atoms with Crippen molar-refractivity contribution in [1.29, 1.82) is 0 Å². The van der Waals surface area contributed by atoms with E-state index in [-0.39, 0.29) is 31.3 Å². The highest BCUT2D eigenvalue weighted by Crippen LogP contribution is 2.15. The zero-order chi connectivity index (χ0) is 20.8. The van der Waals surface area contributed by atoms with Crippen molar-refractivity contribution in [2.45, 2.75) is 40.5 Å². The molecule has 0 spiro atoms. The molecule has 0 saturated carbocycles. The van der Waals surface area contributed by atoms with Crippen LogP contribution in [0.15, 0.2) is 24.3 Å². The first-order valence-corrected chi connectivity index (χ1v) is 8.94. The number of esters is 2. The van der Waals surface area contributed by atoms with Crippen molar-refractivity contribution in [1.82, 2.24) is 5.32 Å². The van der Waals surface area contributed by atoms with Crippen molar-refractivity contribution in [2.75, 3.05) is 20.3 Å². The fourth-order valence-corrected chi connectivity index (χ4v) is 2.02. The summed E-state index contributed by atoms with van der Waals surface area (Å²) in [5.41, 5.74) is 1.40. The summed E-state index contributed by atoms with van der Waals surface area (Å²) in [6.07, 6.45) is 0.631. The molecule has 1 rings (SSSR count). The van der Waals surface area contributed by atoms with Gasteiger partial charge in [0, 0.05) is 26.0 Å². The average molecular weight is 379 g/mol. The molecular formula is C20H29NO6. The highest BCUT2D eigenvalue weighted by Gasteiger charge is 2.29. The lowest BCUT2D eigenvalue weighted by Crippen LogP contribution is -2.30. The van der Waals surface area contributed by atoms with Gasteiger partial charge in [-0.1, -0.05) is 31.2 Å². The quantitative estimate of drug-likeness (QED) is 0.423. The van der Waals surface area contributed by atoms with Gasteiger partial charge < -0.3 is 14.8 Å². The van der Waals surface area contributed by atoms with Crippen molar-refractivity contribution >= 4 is 23.6 Å². The van der Waals surface area contributed by atoms with Gasteiger partial charge in [-0.2, -0.15) is 0 Å². The number of carbonyl (C=O) groups is 4. The summed E-state index contributed by atoms with van der Waals surface area (Å²) in [5.74, 6) is -2.10. The molecule has 0 aromatic heterocycles. The van der Waals surface area contributed by atoms with Gasteiger partial charge in [-0.15, -0.1) is 0 Å². The number of hydrogen-bond donors (Lipinski definition) is 1. The summed E-state index contributed by atoms with van der Waals surface area (Å²) >= 11 is 0. The van der Waals surface area contributed by atoms with E-state index < -0.39 is 17.9 Å². The molecule has 0 bridgehead atoms. The number of benzene rings is 1. The third-order valence-electron chi connectivity index (χ3n) is 3.53. The first-order chi connectivity index (χ1) is 12.8. The molecule has 0 radical (unpaired) electrons. The predicted molar refractivity (Wildman–Crippen MR) is 101 cm³/mol. The van der Waals surface area contributed by atoms with E-state index in [0.717, 1.165) is 5.56 Å². The number of amides is 1. The Morgan fingerprint density at radius 2 is 1.37 bits per heavy atom. The molecule has 0 fully saturated rings. The van der Waals surface area contributed by atoms with Gasteiger partial charge in [-0.3, -0.25) is 19.2 Å². The molecule has 1 aromatic rings. The van der Waals surface area contributed by atoms with Crippen LogP contribution in [0.1, 0.15) is 50.0 Å². The van der Waals surface area contributed by atoms with Gasteiger partial charge in [0.2, 0.25) is 5.91 Å². The van der Waals surface area contributed by atoms with E-state index in [1.54, 1.807) is 52.1 Å². The molecule has 27 heavy (non-hydrogen) atoms. The first-order valence-electron chi connectivity index (χ1n) is 8.94. The summed E-state index contributed by atoms with van der Waals surface area (Å²) in [6.45, 7) is 7.06. The molecule has 0 saturated heterocycles. The maximum absolute atomic E-state index is 11.9. The van der Waals surface area contributed by atoms with E-state index in [2.05, 4.69) is 5.32 Å². The Bertz CT molecular complexity index is 606. The standard InChI is InChI=1S/C17H22O5.C3H7NO/c1-4-15(18)13-9-7-12(8-10-13)11-14(16(19)21-5-2)17(20)22-6-3;1-3(5)4-2/h7-10,14H,4-6,11H2,1-3H3;1-2H3,(H,4,5). The lowest BCUT2D eigenvalue weighted by molar-refractivity contribution is -0.161. The lowest BCUT2D eigenvalue weighted by atomic mass is 9.97. The van der Waals surface area contributed by atoms with Crippen LogP contribution in [0.3, 0.4) is 0 Å². The van der Waals surface area contributed by atoms with Gasteiger partial charge in [-0.25, -0.2) is 0 Å². The van der Waals surface area contributed by atoms with Gasteiger partial charge in [0.25, 0.3) is 0 Å². The zero-order valence-electron chi connectivity index (χ0n) is 16.7. The third kappa shape index (κ3) is 9.53. The van der Waals surface area contributed by atoms with Crippen molar-refractivity contribution in [3.05, 3.63) is 35.4 Å². The van der Waals surface area contributed by atoms with Crippen molar-refractivity contribution in [2.24, 2.45) is 5.92 Å². The van der Waals surface area contributed by atoms with Crippen molar-refractivity contribution in [3.8, 4) is 0 Å². The molecule has 0 heterocycles. The Labute approximate surface area is 160 Å². The van der Waals surface area contributed by atoms with Crippen LogP contribution in [-0.4, -0.2) is 43.9 Å². The minimum absolute atomic E-state index is 0.00463. The minimum Gasteiger partial charge on any atom is -0.465 e. The van der Waals surface area contributed by atoms with Crippen LogP contribution in [0.2, 0.25) is 0 Å². The molecular weight excluding hydrogens is 350 g/mol. The van der Waals surface area contributed by atoms with Crippen LogP contribution in [0.4, 0.5) is 0 Å². The van der Waals surface area contributed by atoms with E-state index >= 15 is 0 Å². The summed E-state index contributed by atoms with van der Waals surface area (Å²) in [6, 6.07) is 6.89. The van der Waals surface area contributed by atoms with Gasteiger partial charge in [0.1, 0.15) is 0 Å². The van der Waals surface area contributed by atoms with Crippen LogP contribution in [-0.2, 0) is 30.3 Å². The molecule has 0 aliphatic heterocycles. The van der Waals surface area contributed by atoms with Gasteiger partial charge in [0.15, 0.2) is 11.7 Å². The van der Waals surface area contributed by atoms with E-state index in [4.69, 9.17) is 9.47 Å². The molecule has 0 unspecified atom stereocenters. The smallest absolute Gasteiger partial charge is 0.320 e. The Morgan fingerprint density at radius 3 is 1.70 bits per heavy atom. The molecule has 0 atom stereocenters. The second kappa shape index (κ2) is 13.5. The van der Waals surface area contributed by atoms with E-state index in [0.29, 0.717) is 12.0 Å². The molecule has 0 aliphatic rings. The molecule has 150 valence electrons. The number of Topliss-reactive ketones (excluding diaryl/α,β-unsaturated/α-hetero) is 1. The van der Waals surface area contributed by atoms with Crippen LogP contribution >= 0.6 is 0 Å². The number of hydrogen-bond acceptors (Lipinski definition) is 6. The van der Waals surface area contributed by atoms with Crippen LogP contribution in [0.25, 0.3) is 0 Å². The second-order valence-electron chi connectivity index (χ2n) is 5.54. The molecule has 7 nitrogen and oxygen atoms in total. The Kier molecular flexibility index (Phi) is 12.1. The van der Waals surface area contributed by atoms with Crippen LogP contribution in [0, 0.1) is 5.92 Å². The van der Waals surface area contributed by atoms with E-state index in [1.807, 2.05) is 0 Å². The number of nitrogens with one attached hydrogen (secondary N) is 1. The van der Waals surface area contributed by atoms with Crippen LogP contribution in [0.5, 0.6) is 0 Å². The predicted octanol–water partition coefficient (Wildman–Crippen LogP) is 2.32. The van der Waals surface area contributed by atoms with Gasteiger partial charge in [0.05, 0.1) is 13.2 Å². The summed E-state index contributed by atoms with van der Waals surface area (Å²) in [4.78, 5) is 45.1. The van der Waals surface area contributed by atoms with Gasteiger partial charge in [-0.05, 0) is 25.8 Å². The Hall–Kier alpha value is -2.70. The fourth-order valence-electron chi connectivity index (χ4n) is 2.02. The second-order valence-corrected chi connectivity index (χ2v) is 5.54. The Morgan fingerprint density at radius 1 is 0.926 bits per heavy atom. The monoisotopic (exact) mass is 379 g/mol. The SMILES string of the molecule is CCOC(=O)C(Cc1ccc(C(=O)CC)cc1)C(=O)OCC.CNC(C)=O. The highest BCUT2D eigenvalue weighted by atomic mass is 16.6. The Balaban J connectivity index is 0.00000119. The van der Waals surface area contributed by atoms with Crippen molar-refractivity contribution in [3.63, 3.8) is 0 Å². The maximum Gasteiger partial charge on any atom is 0.320 e. The van der Waals surface area contributed by atoms with E-state index in [9.17, 15) is 19.2 Å². The molecule has 7 heteroatoms. The lowest BCUT2D eigenvalue weighted by Gasteiger charge is -2.14. The third-order valence-corrected chi connectivity index (χ3v) is 3.53. The summed E-state index contributed by atoms with van der Waals surface area (Å²) in [5, 5.41) is 2.39. The molecule has 1 amide bonds. The van der Waals surface area contributed by atoms with Crippen LogP contribution < -0.4 is 5.32 Å². The first kappa shape index (κ1) is 24.3. The molecule has 1 aromatic carbocycles. The van der Waals surface area contributed by atoms with E-state index in [1.165, 1.54) is 6.92 Å². The molecule has 0 aliphatic carbocycles. The summed E-state index contributed by atoms with van der Waals surface area (Å²) < 4.78 is 9.86. The topological polar surface area (TPSA) is 98.8 Å². The fraction of sp³-hybridized carbons (Fsp3) is 0.500. The average Bonchev–Trinajstić information content (AvgIpc) is 2.66. The minimum atomic E-state index is -0.979. The number of ketones is 1. The number of carbonyl (C=O) groups excluding carboxylic acids is 4. The van der Waals surface area contributed by atoms with Gasteiger partial charge >= 0.3 is 11.9 Å². The molecule has 1 N–H and O–H groups in total.